The Morgan fingerprint density at radius 1 is 0.926 bits per heavy atom. The second-order valence-electron chi connectivity index (χ2n) is 11.3. The summed E-state index contributed by atoms with van der Waals surface area (Å²) in [6, 6.07) is 0. The van der Waals surface area contributed by atoms with Gasteiger partial charge in [-0.1, -0.05) is 55.4 Å². The first-order valence-corrected chi connectivity index (χ1v) is 16.1. The van der Waals surface area contributed by atoms with Crippen LogP contribution in [0.1, 0.15) is 68.7 Å². The lowest BCUT2D eigenvalue weighted by Crippen LogP contribution is -2.56. The first-order chi connectivity index (χ1) is 11.7. The Kier molecular flexibility index (Phi) is 8.77. The zero-order valence-corrected chi connectivity index (χ0v) is 22.2. The van der Waals surface area contributed by atoms with Crippen molar-refractivity contribution in [1.29, 1.82) is 0 Å². The number of carbonyl (C=O) groups excluding carboxylic acids is 1. The van der Waals surface area contributed by atoms with Crippen molar-refractivity contribution in [2.24, 2.45) is 5.92 Å². The summed E-state index contributed by atoms with van der Waals surface area (Å²) >= 11 is 0. The Balaban J connectivity index is 5.28. The third-order valence-electron chi connectivity index (χ3n) is 6.69. The summed E-state index contributed by atoms with van der Waals surface area (Å²) in [4.78, 5) is 13.1. The first-order valence-electron chi connectivity index (χ1n) is 10.3. The number of hydrogen-bond donors (Lipinski definition) is 1. The van der Waals surface area contributed by atoms with Crippen molar-refractivity contribution in [3.05, 3.63) is 0 Å². The van der Waals surface area contributed by atoms with Gasteiger partial charge in [-0.3, -0.25) is 4.79 Å². The van der Waals surface area contributed by atoms with Crippen LogP contribution >= 0.6 is 0 Å². The summed E-state index contributed by atoms with van der Waals surface area (Å²) in [5.41, 5.74) is -1.51. The minimum absolute atomic E-state index is 0.0244. The molecular formula is C21H46O4Si2. The van der Waals surface area contributed by atoms with Crippen LogP contribution in [0.5, 0.6) is 0 Å². The Morgan fingerprint density at radius 2 is 1.33 bits per heavy atom. The van der Waals surface area contributed by atoms with Gasteiger partial charge in [-0.25, -0.2) is 0 Å². The van der Waals surface area contributed by atoms with E-state index >= 15 is 0 Å². The van der Waals surface area contributed by atoms with E-state index in [1.54, 1.807) is 6.92 Å². The van der Waals surface area contributed by atoms with Crippen LogP contribution in [0.25, 0.3) is 0 Å². The van der Waals surface area contributed by atoms with E-state index in [4.69, 9.17) is 8.85 Å². The van der Waals surface area contributed by atoms with Gasteiger partial charge in [-0.15, -0.1) is 0 Å². The molecule has 0 saturated heterocycles. The average Bonchev–Trinajstić information content (AvgIpc) is 2.46. The second kappa shape index (κ2) is 8.78. The molecule has 0 bridgehead atoms. The largest absolute Gasteiger partial charge is 0.416 e. The molecule has 162 valence electrons. The maximum atomic E-state index is 13.1. The Morgan fingerprint density at radius 3 is 1.67 bits per heavy atom. The molecular weight excluding hydrogens is 372 g/mol. The molecule has 0 radical (unpaired) electrons. The van der Waals surface area contributed by atoms with Crippen molar-refractivity contribution < 1.29 is 18.8 Å². The molecule has 0 aromatic rings. The first kappa shape index (κ1) is 27.0. The standard InChI is InChI=1S/C21H46O4Si2/c1-14-17(25-27(12,13)20(6,7)8)21(9,23)18(22)16(2)15-24-26(10,11)19(3,4)5/h16-17,23H,14-15H2,1-13H3/t16-,17+,21+/m0/s1. The van der Waals surface area contributed by atoms with Crippen molar-refractivity contribution in [3.8, 4) is 0 Å². The number of ketones is 1. The molecule has 4 nitrogen and oxygen atoms in total. The van der Waals surface area contributed by atoms with E-state index in [9.17, 15) is 9.90 Å². The molecule has 3 atom stereocenters. The zero-order chi connectivity index (χ0) is 22.1. The Bertz CT molecular complexity index is 499. The summed E-state index contributed by atoms with van der Waals surface area (Å²) in [5.74, 6) is -0.557. The highest BCUT2D eigenvalue weighted by Gasteiger charge is 2.47. The number of aliphatic hydroxyl groups is 1. The molecule has 0 fully saturated rings. The molecule has 0 saturated carbocycles. The topological polar surface area (TPSA) is 55.8 Å². The highest BCUT2D eigenvalue weighted by atomic mass is 28.4. The second-order valence-corrected chi connectivity index (χ2v) is 20.8. The Labute approximate surface area is 170 Å². The van der Waals surface area contributed by atoms with Gasteiger partial charge in [0, 0.05) is 12.5 Å². The zero-order valence-electron chi connectivity index (χ0n) is 20.2. The fraction of sp³-hybridized carbons (Fsp3) is 0.952. The third-order valence-corrected chi connectivity index (χ3v) is 15.7. The van der Waals surface area contributed by atoms with Gasteiger partial charge in [-0.05, 0) is 49.6 Å². The molecule has 0 aromatic heterocycles. The van der Waals surface area contributed by atoms with E-state index in [1.807, 2.05) is 13.8 Å². The van der Waals surface area contributed by atoms with Crippen LogP contribution in [0.4, 0.5) is 0 Å². The molecule has 0 heterocycles. The van der Waals surface area contributed by atoms with E-state index in [2.05, 4.69) is 67.7 Å². The molecule has 0 aromatic carbocycles. The molecule has 0 aliphatic heterocycles. The summed E-state index contributed by atoms with van der Waals surface area (Å²) in [7, 11) is -4.02. The molecule has 0 aliphatic carbocycles. The number of Topliss-reactive ketones (excluding diaryl/α,β-unsaturated/α-hetero) is 1. The van der Waals surface area contributed by atoms with Gasteiger partial charge in [0.2, 0.25) is 0 Å². The lowest BCUT2D eigenvalue weighted by molar-refractivity contribution is -0.151. The van der Waals surface area contributed by atoms with Crippen molar-refractivity contribution >= 4 is 22.4 Å². The van der Waals surface area contributed by atoms with Crippen molar-refractivity contribution in [2.45, 2.75) is 117 Å². The van der Waals surface area contributed by atoms with Gasteiger partial charge in [0.25, 0.3) is 0 Å². The van der Waals surface area contributed by atoms with E-state index in [1.165, 1.54) is 0 Å². The van der Waals surface area contributed by atoms with E-state index in [0.717, 1.165) is 0 Å². The average molecular weight is 419 g/mol. The molecule has 27 heavy (non-hydrogen) atoms. The van der Waals surface area contributed by atoms with Crippen LogP contribution in [0.15, 0.2) is 0 Å². The fourth-order valence-electron chi connectivity index (χ4n) is 2.41. The minimum Gasteiger partial charge on any atom is -0.416 e. The maximum Gasteiger partial charge on any atom is 0.192 e. The summed E-state index contributed by atoms with van der Waals surface area (Å²) < 4.78 is 12.6. The molecule has 0 aliphatic rings. The van der Waals surface area contributed by atoms with Crippen molar-refractivity contribution in [1.82, 2.24) is 0 Å². The highest BCUT2D eigenvalue weighted by Crippen LogP contribution is 2.40. The lowest BCUT2D eigenvalue weighted by Gasteiger charge is -2.43. The third kappa shape index (κ3) is 6.77. The molecule has 0 amide bonds. The fourth-order valence-corrected chi connectivity index (χ4v) is 4.97. The number of rotatable bonds is 9. The Hall–Kier alpha value is -0.0162. The quantitative estimate of drug-likeness (QED) is 0.483. The molecule has 0 unspecified atom stereocenters. The molecule has 0 rings (SSSR count). The van der Waals surface area contributed by atoms with Crippen LogP contribution in [-0.4, -0.2) is 45.8 Å². The summed E-state index contributed by atoms with van der Waals surface area (Å²) in [6.07, 6.45) is 0.0994. The van der Waals surface area contributed by atoms with Gasteiger partial charge < -0.3 is 14.0 Å². The van der Waals surface area contributed by atoms with Crippen molar-refractivity contribution in [3.63, 3.8) is 0 Å². The van der Waals surface area contributed by atoms with Crippen molar-refractivity contribution in [2.75, 3.05) is 6.61 Å². The van der Waals surface area contributed by atoms with Crippen LogP contribution in [0.3, 0.4) is 0 Å². The van der Waals surface area contributed by atoms with Gasteiger partial charge in [-0.2, -0.15) is 0 Å². The molecule has 6 heteroatoms. The van der Waals surface area contributed by atoms with Crippen LogP contribution in [0.2, 0.25) is 36.3 Å². The van der Waals surface area contributed by atoms with Crippen LogP contribution in [0, 0.1) is 5.92 Å². The predicted octanol–water partition coefficient (Wildman–Crippen LogP) is 5.76. The summed E-state index contributed by atoms with van der Waals surface area (Å²) in [6.45, 7) is 27.5. The van der Waals surface area contributed by atoms with Gasteiger partial charge in [0.15, 0.2) is 22.4 Å². The molecule has 0 spiro atoms. The maximum absolute atomic E-state index is 13.1. The predicted molar refractivity (Wildman–Crippen MR) is 120 cm³/mol. The number of carbonyl (C=O) groups is 1. The lowest BCUT2D eigenvalue weighted by atomic mass is 9.86. The van der Waals surface area contributed by atoms with Crippen LogP contribution < -0.4 is 0 Å². The molecule has 1 N–H and O–H groups in total. The normalized spacial score (nSPS) is 18.7. The van der Waals surface area contributed by atoms with Gasteiger partial charge >= 0.3 is 0 Å². The monoisotopic (exact) mass is 418 g/mol. The van der Waals surface area contributed by atoms with E-state index in [0.29, 0.717) is 13.0 Å². The minimum atomic E-state index is -2.09. The van der Waals surface area contributed by atoms with E-state index in [-0.39, 0.29) is 21.8 Å². The van der Waals surface area contributed by atoms with Gasteiger partial charge in [0.1, 0.15) is 5.60 Å². The van der Waals surface area contributed by atoms with Crippen LogP contribution in [-0.2, 0) is 13.6 Å². The summed E-state index contributed by atoms with van der Waals surface area (Å²) in [5, 5.41) is 11.3. The van der Waals surface area contributed by atoms with E-state index < -0.39 is 28.3 Å². The van der Waals surface area contributed by atoms with Gasteiger partial charge in [0.05, 0.1) is 6.10 Å². The number of hydrogen-bond acceptors (Lipinski definition) is 4. The SMILES string of the molecule is CC[C@@H](O[Si](C)(C)C(C)(C)C)[C@@](C)(O)C(=O)[C@@H](C)CO[Si](C)(C)C(C)(C)C. The smallest absolute Gasteiger partial charge is 0.192 e. The highest BCUT2D eigenvalue weighted by molar-refractivity contribution is 6.74.